The number of nitrogens with zero attached hydrogens (tertiary/aromatic N) is 4. The number of hydrazine groups is 1. The Labute approximate surface area is 363 Å². The highest BCUT2D eigenvalue weighted by atomic mass is 16.5. The third-order valence-corrected chi connectivity index (χ3v) is 12.8. The van der Waals surface area contributed by atoms with E-state index in [1.807, 2.05) is 39.0 Å². The molecule has 2 aliphatic heterocycles. The molecule has 4 heterocycles. The van der Waals surface area contributed by atoms with Crippen LogP contribution in [0.25, 0.3) is 33.3 Å². The number of phenolic OH excluding ortho intramolecular Hbond substituents is 1. The first-order chi connectivity index (χ1) is 29.5. The second-order valence-electron chi connectivity index (χ2n) is 18.5. The van der Waals surface area contributed by atoms with Crippen LogP contribution in [0.1, 0.15) is 83.7 Å². The number of nitrogens with one attached hydrogen (secondary N) is 2. The van der Waals surface area contributed by atoms with Crippen LogP contribution in [-0.2, 0) is 48.0 Å². The van der Waals surface area contributed by atoms with E-state index in [1.54, 1.807) is 32.5 Å². The highest BCUT2D eigenvalue weighted by Gasteiger charge is 2.46. The van der Waals surface area contributed by atoms with Gasteiger partial charge in [-0.15, -0.1) is 0 Å². The number of hydrogen-bond acceptors (Lipinski definition) is 10. The van der Waals surface area contributed by atoms with E-state index in [2.05, 4.69) is 54.3 Å². The average Bonchev–Trinajstić information content (AvgIpc) is 3.99. The molecule has 6 bridgehead atoms. The molecule has 3 aliphatic rings. The Hall–Kier alpha value is -5.31. The summed E-state index contributed by atoms with van der Waals surface area (Å²) in [6, 6.07) is 12.6. The van der Waals surface area contributed by atoms with Crippen LogP contribution in [0.2, 0.25) is 0 Å². The molecule has 14 heteroatoms. The van der Waals surface area contributed by atoms with E-state index in [4.69, 9.17) is 14.5 Å². The summed E-state index contributed by atoms with van der Waals surface area (Å²) < 4.78 is 14.2. The number of esters is 1. The topological polar surface area (TPSA) is 176 Å². The van der Waals surface area contributed by atoms with E-state index in [0.29, 0.717) is 44.3 Å². The summed E-state index contributed by atoms with van der Waals surface area (Å²) in [4.78, 5) is 62.4. The Morgan fingerprint density at radius 1 is 1.11 bits per heavy atom. The van der Waals surface area contributed by atoms with Crippen LogP contribution in [0.5, 0.6) is 5.75 Å². The molecular weight excluding hydrogens is 789 g/mol. The predicted octanol–water partition coefficient (Wildman–Crippen LogP) is 5.56. The number of ether oxygens (including phenoxy) is 2. The van der Waals surface area contributed by atoms with Crippen LogP contribution in [0.15, 0.2) is 54.7 Å². The summed E-state index contributed by atoms with van der Waals surface area (Å²) in [5, 5.41) is 26.3. The number of pyridine rings is 1. The normalized spacial score (nSPS) is 22.5. The van der Waals surface area contributed by atoms with Gasteiger partial charge in [-0.2, -0.15) is 0 Å². The van der Waals surface area contributed by atoms with Crippen LogP contribution < -0.4 is 10.7 Å². The molecule has 1 aliphatic carbocycles. The van der Waals surface area contributed by atoms with Gasteiger partial charge >= 0.3 is 5.97 Å². The zero-order valence-electron chi connectivity index (χ0n) is 37.2. The molecule has 7 rings (SSSR count). The number of likely N-dealkylation sites (N-methyl/N-ethyl adjacent to an activating group) is 1. The molecule has 332 valence electrons. The second-order valence-corrected chi connectivity index (χ2v) is 18.5. The van der Waals surface area contributed by atoms with Crippen molar-refractivity contribution in [2.45, 2.75) is 104 Å². The molecule has 2 aromatic carbocycles. The maximum atomic E-state index is 14.6. The first-order valence-corrected chi connectivity index (χ1v) is 21.9. The van der Waals surface area contributed by atoms with Gasteiger partial charge in [0.15, 0.2) is 0 Å². The van der Waals surface area contributed by atoms with Crippen molar-refractivity contribution in [2.75, 3.05) is 33.9 Å². The first kappa shape index (κ1) is 44.7. The van der Waals surface area contributed by atoms with Crippen molar-refractivity contribution in [2.24, 2.45) is 23.2 Å². The largest absolute Gasteiger partial charge is 0.508 e. The number of rotatable bonds is 10. The summed E-state index contributed by atoms with van der Waals surface area (Å²) in [6.07, 6.45) is 3.59. The molecule has 14 nitrogen and oxygen atoms in total. The van der Waals surface area contributed by atoms with Crippen molar-refractivity contribution in [3.63, 3.8) is 0 Å². The maximum Gasteiger partial charge on any atom is 0.324 e. The third-order valence-electron chi connectivity index (χ3n) is 12.8. The van der Waals surface area contributed by atoms with Crippen LogP contribution in [-0.4, -0.2) is 105 Å². The quantitative estimate of drug-likeness (QED) is 0.148. The minimum atomic E-state index is -1.13. The molecule has 3 amide bonds. The number of aromatic hydroxyl groups is 1. The van der Waals surface area contributed by atoms with Gasteiger partial charge in [-0.25, -0.2) is 5.43 Å². The number of methoxy groups -OCH3 is 1. The lowest BCUT2D eigenvalue weighted by molar-refractivity contribution is -0.155. The molecule has 0 radical (unpaired) electrons. The van der Waals surface area contributed by atoms with Crippen molar-refractivity contribution in [3.05, 3.63) is 71.5 Å². The van der Waals surface area contributed by atoms with Crippen molar-refractivity contribution in [1.29, 1.82) is 0 Å². The van der Waals surface area contributed by atoms with E-state index in [0.717, 1.165) is 44.5 Å². The van der Waals surface area contributed by atoms with Gasteiger partial charge in [0.05, 0.1) is 24.1 Å². The Morgan fingerprint density at radius 2 is 1.89 bits per heavy atom. The van der Waals surface area contributed by atoms with Gasteiger partial charge in [0.25, 0.3) is 5.91 Å². The highest BCUT2D eigenvalue weighted by Crippen LogP contribution is 2.43. The zero-order valence-corrected chi connectivity index (χ0v) is 37.2. The molecule has 4 N–H and O–H groups in total. The van der Waals surface area contributed by atoms with Crippen molar-refractivity contribution in [1.82, 2.24) is 30.2 Å². The molecule has 0 spiro atoms. The molecule has 2 aromatic heterocycles. The summed E-state index contributed by atoms with van der Waals surface area (Å²) in [5.41, 5.74) is 9.60. The van der Waals surface area contributed by atoms with Crippen molar-refractivity contribution in [3.8, 4) is 28.1 Å². The van der Waals surface area contributed by atoms with Gasteiger partial charge in [0, 0.05) is 74.3 Å². The number of carbonyl (C=O) groups is 4. The molecule has 1 saturated heterocycles. The van der Waals surface area contributed by atoms with Gasteiger partial charge in [0.1, 0.15) is 23.9 Å². The molecular formula is C48H62N6O8. The number of aliphatic hydroxyl groups excluding tert-OH is 1. The Kier molecular flexibility index (Phi) is 13.1. The van der Waals surface area contributed by atoms with Crippen LogP contribution >= 0.6 is 0 Å². The Balaban J connectivity index is 1.34. The van der Waals surface area contributed by atoms with E-state index < -0.39 is 41.3 Å². The van der Waals surface area contributed by atoms with Crippen LogP contribution in [0.3, 0.4) is 0 Å². The number of hydrogen-bond donors (Lipinski definition) is 4. The van der Waals surface area contributed by atoms with Gasteiger partial charge < -0.3 is 34.5 Å². The number of carbonyl (C=O) groups excluding carboxylic acids is 4. The highest BCUT2D eigenvalue weighted by molar-refractivity contribution is 5.96. The number of fused-ring (bicyclic) bond motifs is 6. The van der Waals surface area contributed by atoms with Gasteiger partial charge in [0.2, 0.25) is 11.8 Å². The van der Waals surface area contributed by atoms with Crippen molar-refractivity contribution >= 4 is 34.6 Å². The number of aliphatic hydroxyl groups is 1. The second kappa shape index (κ2) is 18.2. The van der Waals surface area contributed by atoms with E-state index >= 15 is 0 Å². The lowest BCUT2D eigenvalue weighted by Gasteiger charge is -2.36. The summed E-state index contributed by atoms with van der Waals surface area (Å²) in [6.45, 7) is 12.9. The summed E-state index contributed by atoms with van der Waals surface area (Å²) >= 11 is 0. The molecule has 6 atom stereocenters. The minimum absolute atomic E-state index is 0.00146. The average molecular weight is 851 g/mol. The number of aromatic nitrogens is 2. The maximum absolute atomic E-state index is 14.6. The minimum Gasteiger partial charge on any atom is -0.508 e. The molecule has 2 fully saturated rings. The monoisotopic (exact) mass is 850 g/mol. The fraction of sp³-hybridized carbons (Fsp3) is 0.521. The number of cyclic esters (lactones) is 1. The number of aryl methyl sites for hydroxylation is 1. The molecule has 4 aromatic rings. The number of phenols is 1. The van der Waals surface area contributed by atoms with Crippen LogP contribution in [0, 0.1) is 23.2 Å². The number of benzene rings is 2. The van der Waals surface area contributed by atoms with Gasteiger partial charge in [-0.1, -0.05) is 39.8 Å². The standard InChI is InChI=1S/C48H62N6O8/c1-9-53-40-15-14-30-22-36(40)37(43(53)34-12-10-16-49-41(34)28(4)61-8)24-48(5,6)26-62-47(60)38-13-11-17-54(51-38)46(59)39(20-29-18-31(30)21-33(56)19-29)50-44(57)42(27(2)3)52(7)45(58)35-23-32(35)25-55/h10,12,14-16,18-19,21-22,27-28,32,35,38-39,42,51,55-56H,9,11,13,17,20,23-26H2,1-8H3,(H,50,57)/t28-,32+,35+,38-,39-,42-/m0/s1. The third kappa shape index (κ3) is 9.09. The van der Waals surface area contributed by atoms with Crippen molar-refractivity contribution < 1.29 is 38.9 Å². The van der Waals surface area contributed by atoms with Gasteiger partial charge in [-0.05, 0) is 110 Å². The molecule has 0 unspecified atom stereocenters. The van der Waals surface area contributed by atoms with Crippen LogP contribution in [0.4, 0.5) is 0 Å². The van der Waals surface area contributed by atoms with Gasteiger partial charge in [-0.3, -0.25) is 29.2 Å². The van der Waals surface area contributed by atoms with E-state index in [1.165, 1.54) is 9.91 Å². The fourth-order valence-corrected chi connectivity index (χ4v) is 9.40. The first-order valence-electron chi connectivity index (χ1n) is 21.9. The SMILES string of the molecule is CCn1c(-c2cccnc2[C@H](C)OC)c2c3cc(ccc31)-c1cc(O)cc(c1)C[C@H](NC(=O)[C@H](C(C)C)N(C)C(=O)[C@@H]1C[C@@H]1CO)C(=O)N1CCC[C@H](N1)C(=O)OCC(C)(C)C2. The predicted molar refractivity (Wildman–Crippen MR) is 235 cm³/mol. The lowest BCUT2D eigenvalue weighted by atomic mass is 9.84. The fourth-order valence-electron chi connectivity index (χ4n) is 9.40. The molecule has 1 saturated carbocycles. The Morgan fingerprint density at radius 3 is 2.58 bits per heavy atom. The van der Waals surface area contributed by atoms with E-state index in [-0.39, 0.29) is 55.1 Å². The van der Waals surface area contributed by atoms with E-state index in [9.17, 15) is 29.4 Å². The smallest absolute Gasteiger partial charge is 0.324 e. The molecule has 62 heavy (non-hydrogen) atoms. The summed E-state index contributed by atoms with van der Waals surface area (Å²) in [7, 11) is 3.26. The lowest BCUT2D eigenvalue weighted by Crippen LogP contribution is -2.62. The Bertz CT molecular complexity index is 2340. The number of amides is 3. The zero-order chi connectivity index (χ0) is 44.6. The summed E-state index contributed by atoms with van der Waals surface area (Å²) in [5.74, 6) is -2.43.